The Hall–Kier alpha value is -2.89. The van der Waals surface area contributed by atoms with E-state index < -0.39 is 5.97 Å². The minimum Gasteiger partial charge on any atom is -0.493 e. The average molecular weight is 304 g/mol. The summed E-state index contributed by atoms with van der Waals surface area (Å²) in [4.78, 5) is 11.4. The zero-order valence-corrected chi connectivity index (χ0v) is 12.5. The summed E-state index contributed by atoms with van der Waals surface area (Å²) in [5, 5.41) is 9.35. The number of carbonyl (C=O) groups is 1. The van der Waals surface area contributed by atoms with Crippen LogP contribution in [0.15, 0.2) is 36.4 Å². The zero-order chi connectivity index (χ0) is 16.1. The molecule has 0 aliphatic rings. The van der Waals surface area contributed by atoms with Gasteiger partial charge in [-0.15, -0.1) is 0 Å². The largest absolute Gasteiger partial charge is 0.493 e. The molecule has 0 saturated heterocycles. The van der Waals surface area contributed by atoms with Gasteiger partial charge in [-0.1, -0.05) is 12.1 Å². The lowest BCUT2D eigenvalue weighted by molar-refractivity contribution is 0.0693. The standard InChI is InChI=1S/C16H16O6/c1-19-11-6-4-5-7-12(11)22-13-9-15(21-3)14(20-2)8-10(13)16(17)18/h4-9H,1-3H3,(H,17,18). The molecule has 0 saturated carbocycles. The highest BCUT2D eigenvalue weighted by Gasteiger charge is 2.19. The Morgan fingerprint density at radius 1 is 0.818 bits per heavy atom. The molecular weight excluding hydrogens is 288 g/mol. The molecule has 0 radical (unpaired) electrons. The zero-order valence-electron chi connectivity index (χ0n) is 12.5. The van der Waals surface area contributed by atoms with E-state index in [0.717, 1.165) is 0 Å². The number of hydrogen-bond donors (Lipinski definition) is 1. The fraction of sp³-hybridized carbons (Fsp3) is 0.188. The molecule has 2 aromatic carbocycles. The van der Waals surface area contributed by atoms with Crippen LogP contribution in [-0.4, -0.2) is 32.4 Å². The van der Waals surface area contributed by atoms with E-state index in [9.17, 15) is 9.90 Å². The van der Waals surface area contributed by atoms with Gasteiger partial charge >= 0.3 is 5.97 Å². The highest BCUT2D eigenvalue weighted by molar-refractivity contribution is 5.92. The normalized spacial score (nSPS) is 9.95. The monoisotopic (exact) mass is 304 g/mol. The van der Waals surface area contributed by atoms with E-state index in [4.69, 9.17) is 18.9 Å². The predicted molar refractivity (Wildman–Crippen MR) is 79.6 cm³/mol. The Kier molecular flexibility index (Phi) is 4.73. The first kappa shape index (κ1) is 15.5. The minimum atomic E-state index is -1.13. The van der Waals surface area contributed by atoms with Crippen LogP contribution < -0.4 is 18.9 Å². The Morgan fingerprint density at radius 3 is 1.91 bits per heavy atom. The van der Waals surface area contributed by atoms with Gasteiger partial charge in [-0.3, -0.25) is 0 Å². The van der Waals surface area contributed by atoms with Crippen molar-refractivity contribution in [3.8, 4) is 28.7 Å². The smallest absolute Gasteiger partial charge is 0.339 e. The van der Waals surface area contributed by atoms with E-state index in [1.165, 1.54) is 33.5 Å². The van der Waals surface area contributed by atoms with Gasteiger partial charge < -0.3 is 24.1 Å². The molecule has 0 amide bonds. The van der Waals surface area contributed by atoms with Crippen molar-refractivity contribution in [2.24, 2.45) is 0 Å². The molecule has 2 aromatic rings. The molecule has 6 nitrogen and oxygen atoms in total. The lowest BCUT2D eigenvalue weighted by Gasteiger charge is -2.15. The van der Waals surface area contributed by atoms with E-state index in [1.54, 1.807) is 24.3 Å². The van der Waals surface area contributed by atoms with Crippen LogP contribution in [0, 0.1) is 0 Å². The van der Waals surface area contributed by atoms with Crippen molar-refractivity contribution in [1.82, 2.24) is 0 Å². The van der Waals surface area contributed by atoms with Crippen molar-refractivity contribution in [2.75, 3.05) is 21.3 Å². The van der Waals surface area contributed by atoms with Crippen molar-refractivity contribution in [3.05, 3.63) is 42.0 Å². The molecule has 2 rings (SSSR count). The highest BCUT2D eigenvalue weighted by Crippen LogP contribution is 2.39. The number of ether oxygens (including phenoxy) is 4. The molecular formula is C16H16O6. The highest BCUT2D eigenvalue weighted by atomic mass is 16.5. The second kappa shape index (κ2) is 6.71. The SMILES string of the molecule is COc1cc(Oc2ccccc2OC)c(C(=O)O)cc1OC. The van der Waals surface area contributed by atoms with Crippen molar-refractivity contribution in [2.45, 2.75) is 0 Å². The van der Waals surface area contributed by atoms with Gasteiger partial charge in [-0.2, -0.15) is 0 Å². The lowest BCUT2D eigenvalue weighted by Crippen LogP contribution is -2.03. The molecule has 116 valence electrons. The Bertz CT molecular complexity index is 680. The molecule has 0 atom stereocenters. The minimum absolute atomic E-state index is 0.0384. The second-order valence-electron chi connectivity index (χ2n) is 4.26. The second-order valence-corrected chi connectivity index (χ2v) is 4.26. The third-order valence-corrected chi connectivity index (χ3v) is 3.01. The van der Waals surface area contributed by atoms with Crippen molar-refractivity contribution in [1.29, 1.82) is 0 Å². The maximum atomic E-state index is 11.4. The van der Waals surface area contributed by atoms with Crippen LogP contribution in [0.4, 0.5) is 0 Å². The summed E-state index contributed by atoms with van der Waals surface area (Å²) in [7, 11) is 4.41. The molecule has 0 unspecified atom stereocenters. The molecule has 0 aromatic heterocycles. The fourth-order valence-electron chi connectivity index (χ4n) is 1.93. The van der Waals surface area contributed by atoms with Crippen molar-refractivity contribution in [3.63, 3.8) is 0 Å². The van der Waals surface area contributed by atoms with Gasteiger partial charge in [-0.25, -0.2) is 4.79 Å². The number of hydrogen-bond acceptors (Lipinski definition) is 5. The van der Waals surface area contributed by atoms with Gasteiger partial charge in [0.1, 0.15) is 11.3 Å². The summed E-state index contributed by atoms with van der Waals surface area (Å²) < 4.78 is 21.2. The third-order valence-electron chi connectivity index (χ3n) is 3.01. The number of aromatic carboxylic acids is 1. The van der Waals surface area contributed by atoms with E-state index in [0.29, 0.717) is 23.0 Å². The van der Waals surface area contributed by atoms with Gasteiger partial charge in [0, 0.05) is 12.1 Å². The Morgan fingerprint density at radius 2 is 1.36 bits per heavy atom. The van der Waals surface area contributed by atoms with E-state index in [-0.39, 0.29) is 11.3 Å². The van der Waals surface area contributed by atoms with Crippen molar-refractivity contribution < 1.29 is 28.8 Å². The number of carboxylic acid groups (broad SMARTS) is 1. The van der Waals surface area contributed by atoms with Crippen LogP contribution in [0.1, 0.15) is 10.4 Å². The molecule has 0 heterocycles. The first-order valence-electron chi connectivity index (χ1n) is 6.41. The van der Waals surface area contributed by atoms with Crippen LogP contribution >= 0.6 is 0 Å². The summed E-state index contributed by atoms with van der Waals surface area (Å²) in [6, 6.07) is 9.77. The molecule has 0 spiro atoms. The summed E-state index contributed by atoms with van der Waals surface area (Å²) in [5.41, 5.74) is -0.0384. The fourth-order valence-corrected chi connectivity index (χ4v) is 1.93. The lowest BCUT2D eigenvalue weighted by atomic mass is 10.1. The van der Waals surface area contributed by atoms with Crippen LogP contribution in [0.3, 0.4) is 0 Å². The molecule has 22 heavy (non-hydrogen) atoms. The molecule has 0 aliphatic heterocycles. The first-order valence-corrected chi connectivity index (χ1v) is 6.41. The van der Waals surface area contributed by atoms with E-state index in [1.807, 2.05) is 0 Å². The van der Waals surface area contributed by atoms with Gasteiger partial charge in [-0.05, 0) is 12.1 Å². The maximum absolute atomic E-state index is 11.4. The van der Waals surface area contributed by atoms with Crippen LogP contribution in [0.5, 0.6) is 28.7 Å². The summed E-state index contributed by atoms with van der Waals surface area (Å²) >= 11 is 0. The van der Waals surface area contributed by atoms with Gasteiger partial charge in [0.05, 0.1) is 21.3 Å². The maximum Gasteiger partial charge on any atom is 0.339 e. The third kappa shape index (κ3) is 3.06. The Labute approximate surface area is 127 Å². The van der Waals surface area contributed by atoms with Crippen LogP contribution in [0.2, 0.25) is 0 Å². The topological polar surface area (TPSA) is 74.2 Å². The van der Waals surface area contributed by atoms with Gasteiger partial charge in [0.2, 0.25) is 0 Å². The first-order chi connectivity index (χ1) is 10.6. The van der Waals surface area contributed by atoms with Gasteiger partial charge in [0.25, 0.3) is 0 Å². The summed E-state index contributed by atoms with van der Waals surface area (Å²) in [6.45, 7) is 0. The molecule has 0 fully saturated rings. The van der Waals surface area contributed by atoms with Crippen LogP contribution in [0.25, 0.3) is 0 Å². The number of benzene rings is 2. The Balaban J connectivity index is 2.51. The number of carboxylic acids is 1. The predicted octanol–water partition coefficient (Wildman–Crippen LogP) is 3.20. The number of para-hydroxylation sites is 2. The van der Waals surface area contributed by atoms with E-state index in [2.05, 4.69) is 0 Å². The quantitative estimate of drug-likeness (QED) is 0.883. The molecule has 1 N–H and O–H groups in total. The molecule has 6 heteroatoms. The number of rotatable bonds is 6. The number of methoxy groups -OCH3 is 3. The van der Waals surface area contributed by atoms with E-state index >= 15 is 0 Å². The molecule has 0 aliphatic carbocycles. The molecule has 0 bridgehead atoms. The van der Waals surface area contributed by atoms with Gasteiger partial charge in [0.15, 0.2) is 23.0 Å². The average Bonchev–Trinajstić information content (AvgIpc) is 2.54. The summed E-state index contributed by atoms with van der Waals surface area (Å²) in [5.74, 6) is 0.582. The van der Waals surface area contributed by atoms with Crippen LogP contribution in [-0.2, 0) is 0 Å². The van der Waals surface area contributed by atoms with Crippen molar-refractivity contribution >= 4 is 5.97 Å². The summed E-state index contributed by atoms with van der Waals surface area (Å²) in [6.07, 6.45) is 0.